The molecule has 1 fully saturated rings. The van der Waals surface area contributed by atoms with Crippen LogP contribution in [0.15, 0.2) is 0 Å². The third-order valence-electron chi connectivity index (χ3n) is 8.41. The summed E-state index contributed by atoms with van der Waals surface area (Å²) < 4.78 is 34.1. The third-order valence-corrected chi connectivity index (χ3v) is 8.41. The van der Waals surface area contributed by atoms with Crippen LogP contribution >= 0.6 is 0 Å². The van der Waals surface area contributed by atoms with Gasteiger partial charge in [-0.15, -0.1) is 0 Å². The van der Waals surface area contributed by atoms with E-state index in [1.54, 1.807) is 0 Å². The number of ether oxygens (including phenoxy) is 6. The van der Waals surface area contributed by atoms with E-state index in [9.17, 15) is 34.5 Å². The van der Waals surface area contributed by atoms with E-state index in [4.69, 9.17) is 28.4 Å². The zero-order valence-corrected chi connectivity index (χ0v) is 30.3. The molecule has 0 aliphatic carbocycles. The quantitative estimate of drug-likeness (QED) is 0.0573. The Morgan fingerprint density at radius 2 is 1.08 bits per heavy atom. The van der Waals surface area contributed by atoms with E-state index < -0.39 is 86.6 Å². The van der Waals surface area contributed by atoms with Gasteiger partial charge in [0, 0.05) is 26.7 Å². The molecule has 286 valence electrons. The van der Waals surface area contributed by atoms with E-state index in [-0.39, 0.29) is 12.8 Å². The molecule has 0 aromatic carbocycles. The second-order valence-electron chi connectivity index (χ2n) is 12.9. The van der Waals surface area contributed by atoms with Crippen LogP contribution in [0, 0.1) is 0 Å². The van der Waals surface area contributed by atoms with Crippen LogP contribution in [0.1, 0.15) is 143 Å². The first kappa shape index (κ1) is 44.7. The van der Waals surface area contributed by atoms with Crippen molar-refractivity contribution in [3.63, 3.8) is 0 Å². The van der Waals surface area contributed by atoms with Crippen LogP contribution < -0.4 is 0 Å². The molecule has 1 aliphatic rings. The Morgan fingerprint density at radius 1 is 0.612 bits per heavy atom. The summed E-state index contributed by atoms with van der Waals surface area (Å²) in [5, 5.41) is 29.4. The molecule has 1 rings (SSSR count). The molecule has 0 amide bonds. The molecule has 49 heavy (non-hydrogen) atoms. The average Bonchev–Trinajstić information content (AvgIpc) is 3.06. The topological polar surface area (TPSA) is 184 Å². The van der Waals surface area contributed by atoms with Crippen molar-refractivity contribution in [2.75, 3.05) is 19.8 Å². The molecular formula is C36H64O13. The van der Waals surface area contributed by atoms with Crippen molar-refractivity contribution in [2.45, 2.75) is 186 Å². The molecular weight excluding hydrogens is 640 g/mol. The largest absolute Gasteiger partial charge is 0.463 e. The monoisotopic (exact) mass is 704 g/mol. The number of hydrogen-bond acceptors (Lipinski definition) is 13. The highest BCUT2D eigenvalue weighted by Gasteiger charge is 2.53. The summed E-state index contributed by atoms with van der Waals surface area (Å²) in [6.45, 7) is 4.94. The minimum absolute atomic E-state index is 0.0680. The molecule has 0 aromatic heterocycles. The molecule has 7 unspecified atom stereocenters. The van der Waals surface area contributed by atoms with Crippen molar-refractivity contribution in [3.05, 3.63) is 0 Å². The van der Waals surface area contributed by atoms with Crippen LogP contribution in [0.3, 0.4) is 0 Å². The standard InChI is InChI=1S/C36H64O13/c1-5-7-9-11-13-14-16-18-20-22-32(43)49-35-34(48-31(42)21-19-17-15-12-10-8-6-2)33(46-27(4)39)30(25-44-26(3)38)47-36(35)45-24-29(41)28(40)23-37/h28-30,33-37,40-41H,5-25H2,1-4H3. The highest BCUT2D eigenvalue weighted by Crippen LogP contribution is 2.31. The van der Waals surface area contributed by atoms with E-state index in [0.29, 0.717) is 12.8 Å². The Labute approximate surface area is 292 Å². The first-order chi connectivity index (χ1) is 23.5. The number of aliphatic hydroxyl groups excluding tert-OH is 3. The van der Waals surface area contributed by atoms with E-state index in [0.717, 1.165) is 71.1 Å². The predicted molar refractivity (Wildman–Crippen MR) is 180 cm³/mol. The second-order valence-corrected chi connectivity index (χ2v) is 12.9. The Morgan fingerprint density at radius 3 is 1.53 bits per heavy atom. The van der Waals surface area contributed by atoms with E-state index >= 15 is 0 Å². The van der Waals surface area contributed by atoms with Crippen molar-refractivity contribution in [1.29, 1.82) is 0 Å². The molecule has 0 bridgehead atoms. The Hall–Kier alpha value is -2.32. The maximum Gasteiger partial charge on any atom is 0.306 e. The van der Waals surface area contributed by atoms with Crippen molar-refractivity contribution in [3.8, 4) is 0 Å². The normalized spacial score (nSPS) is 21.8. The number of rotatable bonds is 28. The summed E-state index contributed by atoms with van der Waals surface area (Å²) in [5.74, 6) is -2.62. The van der Waals surface area contributed by atoms with Crippen molar-refractivity contribution in [1.82, 2.24) is 0 Å². The van der Waals surface area contributed by atoms with E-state index in [1.165, 1.54) is 32.6 Å². The number of hydrogen-bond donors (Lipinski definition) is 3. The van der Waals surface area contributed by atoms with Gasteiger partial charge in [0.1, 0.15) is 24.9 Å². The lowest BCUT2D eigenvalue weighted by molar-refractivity contribution is -0.312. The second kappa shape index (κ2) is 27.4. The maximum atomic E-state index is 13.2. The van der Waals surface area contributed by atoms with Crippen LogP contribution in [0.4, 0.5) is 0 Å². The van der Waals surface area contributed by atoms with Gasteiger partial charge in [-0.05, 0) is 12.8 Å². The number of unbranched alkanes of at least 4 members (excludes halogenated alkanes) is 14. The van der Waals surface area contributed by atoms with Gasteiger partial charge in [0.15, 0.2) is 24.6 Å². The van der Waals surface area contributed by atoms with Crippen molar-refractivity contribution in [2.24, 2.45) is 0 Å². The highest BCUT2D eigenvalue weighted by molar-refractivity contribution is 5.71. The van der Waals surface area contributed by atoms with Crippen molar-refractivity contribution < 1.29 is 62.9 Å². The Balaban J connectivity index is 3.14. The van der Waals surface area contributed by atoms with Gasteiger partial charge >= 0.3 is 23.9 Å². The van der Waals surface area contributed by atoms with Gasteiger partial charge in [0.25, 0.3) is 0 Å². The fourth-order valence-electron chi connectivity index (χ4n) is 5.59. The predicted octanol–water partition coefficient (Wildman–Crippen LogP) is 4.82. The first-order valence-corrected chi connectivity index (χ1v) is 18.5. The molecule has 0 aromatic rings. The van der Waals surface area contributed by atoms with Crippen LogP contribution in [-0.4, -0.2) is 102 Å². The zero-order valence-electron chi connectivity index (χ0n) is 30.3. The number of aliphatic hydroxyl groups is 3. The van der Waals surface area contributed by atoms with Crippen LogP contribution in [0.2, 0.25) is 0 Å². The fraction of sp³-hybridized carbons (Fsp3) is 0.889. The number of carbonyl (C=O) groups is 4. The smallest absolute Gasteiger partial charge is 0.306 e. The summed E-state index contributed by atoms with van der Waals surface area (Å²) in [4.78, 5) is 50.2. The summed E-state index contributed by atoms with van der Waals surface area (Å²) in [5.41, 5.74) is 0. The summed E-state index contributed by atoms with van der Waals surface area (Å²) >= 11 is 0. The van der Waals surface area contributed by atoms with Crippen molar-refractivity contribution >= 4 is 23.9 Å². The molecule has 0 spiro atoms. The molecule has 13 nitrogen and oxygen atoms in total. The Kier molecular flexibility index (Phi) is 25.0. The summed E-state index contributed by atoms with van der Waals surface area (Å²) in [6, 6.07) is 0. The van der Waals surface area contributed by atoms with Crippen LogP contribution in [-0.2, 0) is 47.6 Å². The summed E-state index contributed by atoms with van der Waals surface area (Å²) in [6.07, 6.45) is 6.51. The van der Waals surface area contributed by atoms with E-state index in [2.05, 4.69) is 13.8 Å². The van der Waals surface area contributed by atoms with Gasteiger partial charge in [-0.2, -0.15) is 0 Å². The lowest BCUT2D eigenvalue weighted by Crippen LogP contribution is -2.63. The first-order valence-electron chi connectivity index (χ1n) is 18.5. The molecule has 7 atom stereocenters. The average molecular weight is 705 g/mol. The molecule has 13 heteroatoms. The van der Waals surface area contributed by atoms with Gasteiger partial charge in [-0.25, -0.2) is 0 Å². The lowest BCUT2D eigenvalue weighted by atomic mass is 9.97. The van der Waals surface area contributed by atoms with Gasteiger partial charge in [-0.1, -0.05) is 104 Å². The van der Waals surface area contributed by atoms with Gasteiger partial charge in [0.2, 0.25) is 0 Å². The van der Waals surface area contributed by atoms with Gasteiger partial charge in [0.05, 0.1) is 13.2 Å². The van der Waals surface area contributed by atoms with Gasteiger partial charge in [-0.3, -0.25) is 19.2 Å². The lowest BCUT2D eigenvalue weighted by Gasteiger charge is -2.44. The maximum absolute atomic E-state index is 13.2. The highest BCUT2D eigenvalue weighted by atomic mass is 16.7. The molecule has 0 radical (unpaired) electrons. The molecule has 0 saturated carbocycles. The molecule has 1 saturated heterocycles. The van der Waals surface area contributed by atoms with Crippen LogP contribution in [0.5, 0.6) is 0 Å². The number of carbonyl (C=O) groups excluding carboxylic acids is 4. The summed E-state index contributed by atoms with van der Waals surface area (Å²) in [7, 11) is 0. The van der Waals surface area contributed by atoms with Gasteiger partial charge < -0.3 is 43.7 Å². The number of esters is 4. The Bertz CT molecular complexity index is 913. The third kappa shape index (κ3) is 20.2. The molecule has 3 N–H and O–H groups in total. The molecule has 1 aliphatic heterocycles. The fourth-order valence-corrected chi connectivity index (χ4v) is 5.59. The SMILES string of the molecule is CCCCCCCCCCCC(=O)OC1C(OCC(O)C(O)CO)OC(COC(C)=O)C(OC(C)=O)C1OC(=O)CCCCCCCCC. The van der Waals surface area contributed by atoms with Crippen LogP contribution in [0.25, 0.3) is 0 Å². The minimum atomic E-state index is -1.54. The van der Waals surface area contributed by atoms with E-state index in [1.807, 2.05) is 0 Å². The zero-order chi connectivity index (χ0) is 36.4. The molecule has 1 heterocycles. The minimum Gasteiger partial charge on any atom is -0.463 e.